The second-order valence-corrected chi connectivity index (χ2v) is 2.74. The number of carboxylic acid groups (broad SMARTS) is 1. The summed E-state index contributed by atoms with van der Waals surface area (Å²) in [7, 11) is 0. The smallest absolute Gasteiger partial charge is 1.00 e. The van der Waals surface area contributed by atoms with Gasteiger partial charge in [-0.25, -0.2) is 0 Å². The fourth-order valence-corrected chi connectivity index (χ4v) is 0.898. The van der Waals surface area contributed by atoms with Gasteiger partial charge in [-0.2, -0.15) is 0 Å². The molecule has 1 saturated carbocycles. The van der Waals surface area contributed by atoms with E-state index < -0.39 is 5.97 Å². The largest absolute Gasteiger partial charge is 1.00 e. The number of carbonyl (C=O) groups is 1. The van der Waals surface area contributed by atoms with Crippen molar-refractivity contribution in [3.8, 4) is 0 Å². The number of nitrogens with one attached hydrogen (secondary N) is 1. The first kappa shape index (κ1) is 11.4. The number of hydrogen-bond donors (Lipinski definition) is 2. The number of rotatable bonds is 4. The van der Waals surface area contributed by atoms with E-state index in [1.54, 1.807) is 0 Å². The van der Waals surface area contributed by atoms with E-state index in [1.807, 2.05) is 6.92 Å². The van der Waals surface area contributed by atoms with Crippen LogP contribution in [0, 0.1) is 0 Å². The van der Waals surface area contributed by atoms with Crippen LogP contribution in [0.3, 0.4) is 0 Å². The molecule has 1 rings (SSSR count). The van der Waals surface area contributed by atoms with Crippen molar-refractivity contribution < 1.29 is 40.9 Å². The van der Waals surface area contributed by atoms with Gasteiger partial charge in [0.2, 0.25) is 0 Å². The van der Waals surface area contributed by atoms with Crippen LogP contribution in [0.15, 0.2) is 0 Å². The Kier molecular flexibility index (Phi) is 5.34. The van der Waals surface area contributed by atoms with Crippen molar-refractivity contribution >= 4 is 5.97 Å². The Morgan fingerprint density at radius 2 is 2.36 bits per heavy atom. The topological polar surface area (TPSA) is 49.3 Å². The minimum Gasteiger partial charge on any atom is -1.00 e. The predicted octanol–water partition coefficient (Wildman–Crippen LogP) is -2.28. The zero-order valence-corrected chi connectivity index (χ0v) is 9.13. The van der Waals surface area contributed by atoms with Crippen LogP contribution in [0.2, 0.25) is 0 Å². The average molecular weight is 167 g/mol. The van der Waals surface area contributed by atoms with Crippen molar-refractivity contribution in [3.05, 3.63) is 0 Å². The molecule has 60 valence electrons. The van der Waals surface area contributed by atoms with Crippen molar-refractivity contribution in [1.82, 2.24) is 5.32 Å². The summed E-state index contributed by atoms with van der Waals surface area (Å²) >= 11 is 0. The normalized spacial score (nSPS) is 18.6. The SMILES string of the molecule is CCC(NC1CC1)C(=O)O.[H-].[Na+]. The van der Waals surface area contributed by atoms with Crippen LogP contribution < -0.4 is 34.9 Å². The van der Waals surface area contributed by atoms with Crippen LogP contribution in [0.5, 0.6) is 0 Å². The van der Waals surface area contributed by atoms with E-state index in [2.05, 4.69) is 5.32 Å². The Morgan fingerprint density at radius 3 is 2.64 bits per heavy atom. The van der Waals surface area contributed by atoms with Gasteiger partial charge in [0.1, 0.15) is 6.04 Å². The molecule has 1 aliphatic rings. The van der Waals surface area contributed by atoms with E-state index in [4.69, 9.17) is 5.11 Å². The molecule has 0 aliphatic heterocycles. The van der Waals surface area contributed by atoms with Gasteiger partial charge in [0.25, 0.3) is 0 Å². The van der Waals surface area contributed by atoms with Gasteiger partial charge in [0.15, 0.2) is 0 Å². The zero-order valence-electron chi connectivity index (χ0n) is 8.13. The summed E-state index contributed by atoms with van der Waals surface area (Å²) in [6.45, 7) is 1.88. The van der Waals surface area contributed by atoms with Crippen molar-refractivity contribution in [2.75, 3.05) is 0 Å². The van der Waals surface area contributed by atoms with Crippen molar-refractivity contribution in [3.63, 3.8) is 0 Å². The summed E-state index contributed by atoms with van der Waals surface area (Å²) in [6.07, 6.45) is 2.96. The maximum Gasteiger partial charge on any atom is 1.00 e. The van der Waals surface area contributed by atoms with E-state index in [1.165, 1.54) is 0 Å². The molecule has 0 bridgehead atoms. The quantitative estimate of drug-likeness (QED) is 0.464. The third-order valence-electron chi connectivity index (χ3n) is 1.72. The Bertz CT molecular complexity index is 141. The molecule has 2 N–H and O–H groups in total. The van der Waals surface area contributed by atoms with E-state index >= 15 is 0 Å². The van der Waals surface area contributed by atoms with E-state index in [9.17, 15) is 4.79 Å². The second kappa shape index (κ2) is 5.14. The number of aliphatic carboxylic acids is 1. The monoisotopic (exact) mass is 167 g/mol. The zero-order chi connectivity index (χ0) is 7.56. The van der Waals surface area contributed by atoms with E-state index in [0.29, 0.717) is 12.5 Å². The molecule has 1 atom stereocenters. The van der Waals surface area contributed by atoms with Gasteiger partial charge >= 0.3 is 35.5 Å². The number of carboxylic acids is 1. The van der Waals surface area contributed by atoms with Gasteiger partial charge in [-0.15, -0.1) is 0 Å². The summed E-state index contributed by atoms with van der Waals surface area (Å²) in [5, 5.41) is 11.6. The summed E-state index contributed by atoms with van der Waals surface area (Å²) in [5.74, 6) is -0.727. The van der Waals surface area contributed by atoms with Gasteiger partial charge in [-0.05, 0) is 19.3 Å². The van der Waals surface area contributed by atoms with Gasteiger partial charge in [-0.1, -0.05) is 6.92 Å². The Morgan fingerprint density at radius 1 is 1.82 bits per heavy atom. The molecule has 0 aromatic heterocycles. The second-order valence-electron chi connectivity index (χ2n) is 2.74. The fraction of sp³-hybridized carbons (Fsp3) is 0.857. The Hall–Kier alpha value is 0.430. The minimum atomic E-state index is -0.727. The molecule has 1 aliphatic carbocycles. The van der Waals surface area contributed by atoms with Crippen LogP contribution in [0.4, 0.5) is 0 Å². The first-order valence-electron chi connectivity index (χ1n) is 3.73. The number of hydrogen-bond acceptors (Lipinski definition) is 2. The van der Waals surface area contributed by atoms with Crippen molar-refractivity contribution in [2.24, 2.45) is 0 Å². The van der Waals surface area contributed by atoms with E-state index in [-0.39, 0.29) is 37.0 Å². The average Bonchev–Trinajstić information content (AvgIpc) is 2.64. The minimum absolute atomic E-state index is 0. The fourth-order valence-electron chi connectivity index (χ4n) is 0.898. The maximum absolute atomic E-state index is 10.4. The van der Waals surface area contributed by atoms with Crippen molar-refractivity contribution in [2.45, 2.75) is 38.3 Å². The third-order valence-corrected chi connectivity index (χ3v) is 1.72. The standard InChI is InChI=1S/C7H13NO2.Na.H/c1-2-6(7(9)10)8-5-3-4-5;;/h5-6,8H,2-4H2,1H3,(H,9,10);;/q;+1;-1. The van der Waals surface area contributed by atoms with Crippen LogP contribution in [0.25, 0.3) is 0 Å². The molecule has 0 spiro atoms. The molecule has 0 saturated heterocycles. The molecule has 11 heavy (non-hydrogen) atoms. The Balaban J connectivity index is 0. The van der Waals surface area contributed by atoms with Crippen LogP contribution in [-0.2, 0) is 4.79 Å². The molecule has 1 fully saturated rings. The summed E-state index contributed by atoms with van der Waals surface area (Å²) in [5.41, 5.74) is 0. The molecule has 3 nitrogen and oxygen atoms in total. The molecule has 0 radical (unpaired) electrons. The van der Waals surface area contributed by atoms with Gasteiger partial charge in [-0.3, -0.25) is 4.79 Å². The van der Waals surface area contributed by atoms with E-state index in [0.717, 1.165) is 12.8 Å². The molecule has 0 aromatic rings. The third kappa shape index (κ3) is 4.11. The summed E-state index contributed by atoms with van der Waals surface area (Å²) in [6, 6.07) is 0.161. The van der Waals surface area contributed by atoms with Gasteiger partial charge in [0.05, 0.1) is 0 Å². The first-order chi connectivity index (χ1) is 4.74. The predicted molar refractivity (Wildman–Crippen MR) is 39.0 cm³/mol. The van der Waals surface area contributed by atoms with Crippen LogP contribution >= 0.6 is 0 Å². The Labute approximate surface area is 90.3 Å². The molecule has 0 aromatic carbocycles. The van der Waals surface area contributed by atoms with Gasteiger partial charge < -0.3 is 11.8 Å². The van der Waals surface area contributed by atoms with Gasteiger partial charge in [0, 0.05) is 6.04 Å². The summed E-state index contributed by atoms with van der Waals surface area (Å²) in [4.78, 5) is 10.4. The van der Waals surface area contributed by atoms with Crippen LogP contribution in [-0.4, -0.2) is 23.2 Å². The molecule has 1 unspecified atom stereocenters. The van der Waals surface area contributed by atoms with Crippen molar-refractivity contribution in [1.29, 1.82) is 0 Å². The molecule has 0 amide bonds. The molecular formula is C7H14NNaO2. The molecule has 4 heteroatoms. The first-order valence-corrected chi connectivity index (χ1v) is 3.73. The molecule has 0 heterocycles. The van der Waals surface area contributed by atoms with Crippen LogP contribution in [0.1, 0.15) is 27.6 Å². The maximum atomic E-state index is 10.4. The molecular weight excluding hydrogens is 153 g/mol. The summed E-state index contributed by atoms with van der Waals surface area (Å²) < 4.78 is 0.